The van der Waals surface area contributed by atoms with Gasteiger partial charge in [-0.05, 0) is 30.7 Å². The van der Waals surface area contributed by atoms with Crippen molar-refractivity contribution in [2.45, 2.75) is 20.3 Å². The van der Waals surface area contributed by atoms with Crippen LogP contribution in [0.25, 0.3) is 0 Å². The minimum atomic E-state index is -0.539. The third-order valence-corrected chi connectivity index (χ3v) is 4.01. The molecule has 2 aromatic carbocycles. The number of nitro groups is 1. The minimum Gasteiger partial charge on any atom is -0.377 e. The van der Waals surface area contributed by atoms with E-state index in [1.54, 1.807) is 44.1 Å². The van der Waals surface area contributed by atoms with Gasteiger partial charge in [-0.3, -0.25) is 19.7 Å². The fraction of sp³-hybridized carbons (Fsp3) is 0.263. The van der Waals surface area contributed by atoms with Crippen molar-refractivity contribution in [2.75, 3.05) is 29.6 Å². The fourth-order valence-corrected chi connectivity index (χ4v) is 2.48. The predicted molar refractivity (Wildman–Crippen MR) is 105 cm³/mol. The van der Waals surface area contributed by atoms with Crippen molar-refractivity contribution in [3.05, 3.63) is 57.6 Å². The molecule has 0 radical (unpaired) electrons. The minimum absolute atomic E-state index is 0.135. The summed E-state index contributed by atoms with van der Waals surface area (Å²) in [5.41, 5.74) is 2.48. The number of amides is 2. The second-order valence-corrected chi connectivity index (χ2v) is 6.24. The highest BCUT2D eigenvalue weighted by molar-refractivity contribution is 6.09. The molecule has 0 aliphatic carbocycles. The first-order valence-corrected chi connectivity index (χ1v) is 8.40. The first kappa shape index (κ1) is 19.9. The Labute approximate surface area is 157 Å². The van der Waals surface area contributed by atoms with E-state index in [4.69, 9.17) is 0 Å². The van der Waals surface area contributed by atoms with E-state index in [-0.39, 0.29) is 17.2 Å². The molecule has 0 atom stereocenters. The number of nitrogens with zero attached hydrogens (tertiary/aromatic N) is 2. The number of hydrogen-bond acceptors (Lipinski definition) is 5. The van der Waals surface area contributed by atoms with Crippen molar-refractivity contribution in [1.82, 2.24) is 0 Å². The lowest BCUT2D eigenvalue weighted by Crippen LogP contribution is -2.19. The van der Waals surface area contributed by atoms with Crippen LogP contribution in [0.4, 0.5) is 22.7 Å². The average Bonchev–Trinajstić information content (AvgIpc) is 2.63. The van der Waals surface area contributed by atoms with E-state index in [9.17, 15) is 19.7 Å². The van der Waals surface area contributed by atoms with Crippen molar-refractivity contribution in [3.8, 4) is 0 Å². The molecule has 8 heteroatoms. The summed E-state index contributed by atoms with van der Waals surface area (Å²) in [6, 6.07) is 9.34. The average molecular weight is 370 g/mol. The molecule has 0 bridgehead atoms. The molecule has 0 heterocycles. The number of nitrogens with one attached hydrogen (secondary N) is 2. The van der Waals surface area contributed by atoms with E-state index in [2.05, 4.69) is 10.6 Å². The van der Waals surface area contributed by atoms with Crippen LogP contribution in [0.5, 0.6) is 0 Å². The van der Waals surface area contributed by atoms with Gasteiger partial charge in [-0.15, -0.1) is 0 Å². The van der Waals surface area contributed by atoms with Gasteiger partial charge in [-0.2, -0.15) is 0 Å². The topological polar surface area (TPSA) is 105 Å². The van der Waals surface area contributed by atoms with Gasteiger partial charge in [0.2, 0.25) is 5.91 Å². The predicted octanol–water partition coefficient (Wildman–Crippen LogP) is 3.57. The van der Waals surface area contributed by atoms with Crippen molar-refractivity contribution < 1.29 is 14.5 Å². The summed E-state index contributed by atoms with van der Waals surface area (Å²) in [6.45, 7) is 3.57. The van der Waals surface area contributed by atoms with E-state index >= 15 is 0 Å². The second-order valence-electron chi connectivity index (χ2n) is 6.24. The Morgan fingerprint density at radius 3 is 2.41 bits per heavy atom. The normalized spacial score (nSPS) is 10.2. The first-order chi connectivity index (χ1) is 12.7. The van der Waals surface area contributed by atoms with Crippen LogP contribution in [-0.4, -0.2) is 30.8 Å². The smallest absolute Gasteiger partial charge is 0.270 e. The molecule has 27 heavy (non-hydrogen) atoms. The van der Waals surface area contributed by atoms with Gasteiger partial charge in [0.25, 0.3) is 11.6 Å². The molecule has 0 aromatic heterocycles. The highest BCUT2D eigenvalue weighted by Crippen LogP contribution is 2.27. The molecular weight excluding hydrogens is 348 g/mol. The Morgan fingerprint density at radius 1 is 1.11 bits per heavy atom. The number of carbonyl (C=O) groups is 2. The van der Waals surface area contributed by atoms with Gasteiger partial charge in [0.05, 0.1) is 10.5 Å². The lowest BCUT2D eigenvalue weighted by molar-refractivity contribution is -0.384. The molecular formula is C19H22N4O4. The number of anilines is 3. The third kappa shape index (κ3) is 4.81. The zero-order valence-electron chi connectivity index (χ0n) is 15.7. The second kappa shape index (κ2) is 8.31. The van der Waals surface area contributed by atoms with E-state index in [0.717, 1.165) is 5.56 Å². The van der Waals surface area contributed by atoms with Crippen LogP contribution in [0, 0.1) is 17.0 Å². The zero-order valence-corrected chi connectivity index (χ0v) is 15.7. The molecule has 2 aromatic rings. The van der Waals surface area contributed by atoms with Gasteiger partial charge in [-0.25, -0.2) is 0 Å². The van der Waals surface area contributed by atoms with Crippen LogP contribution in [0.15, 0.2) is 36.4 Å². The van der Waals surface area contributed by atoms with Gasteiger partial charge in [0.1, 0.15) is 0 Å². The molecule has 0 fully saturated rings. The number of nitro benzene ring substituents is 1. The Hall–Kier alpha value is -3.42. The molecule has 8 nitrogen and oxygen atoms in total. The van der Waals surface area contributed by atoms with E-state index < -0.39 is 10.8 Å². The molecule has 2 rings (SSSR count). The summed E-state index contributed by atoms with van der Waals surface area (Å²) in [5, 5.41) is 16.6. The molecule has 0 saturated carbocycles. The molecule has 0 unspecified atom stereocenters. The molecule has 2 amide bonds. The van der Waals surface area contributed by atoms with Crippen LogP contribution in [-0.2, 0) is 4.79 Å². The highest BCUT2D eigenvalue weighted by atomic mass is 16.6. The summed E-state index contributed by atoms with van der Waals surface area (Å²) in [7, 11) is 3.51. The highest BCUT2D eigenvalue weighted by Gasteiger charge is 2.19. The zero-order chi connectivity index (χ0) is 20.1. The number of carbonyl (C=O) groups excluding carboxylic acids is 2. The summed E-state index contributed by atoms with van der Waals surface area (Å²) in [5.74, 6) is -0.603. The van der Waals surface area contributed by atoms with Crippen LogP contribution in [0.1, 0.15) is 29.3 Å². The maximum atomic E-state index is 12.8. The quantitative estimate of drug-likeness (QED) is 0.597. The van der Waals surface area contributed by atoms with Gasteiger partial charge in [0.15, 0.2) is 0 Å². The number of benzene rings is 2. The molecule has 0 aliphatic heterocycles. The molecule has 0 aliphatic rings. The monoisotopic (exact) mass is 370 g/mol. The van der Waals surface area contributed by atoms with Gasteiger partial charge in [-0.1, -0.05) is 13.0 Å². The third-order valence-electron chi connectivity index (χ3n) is 4.01. The molecule has 0 spiro atoms. The molecule has 2 N–H and O–H groups in total. The van der Waals surface area contributed by atoms with Crippen LogP contribution in [0.2, 0.25) is 0 Å². The fourth-order valence-electron chi connectivity index (χ4n) is 2.48. The van der Waals surface area contributed by atoms with Crippen LogP contribution >= 0.6 is 0 Å². The molecule has 0 saturated heterocycles. The Bertz CT molecular complexity index is 893. The largest absolute Gasteiger partial charge is 0.377 e. The van der Waals surface area contributed by atoms with Crippen molar-refractivity contribution in [3.63, 3.8) is 0 Å². The summed E-state index contributed by atoms with van der Waals surface area (Å²) >= 11 is 0. The Balaban J connectivity index is 2.36. The Morgan fingerprint density at radius 2 is 1.81 bits per heavy atom. The van der Waals surface area contributed by atoms with Crippen molar-refractivity contribution in [1.29, 1.82) is 0 Å². The summed E-state index contributed by atoms with van der Waals surface area (Å²) in [4.78, 5) is 36.6. The summed E-state index contributed by atoms with van der Waals surface area (Å²) < 4.78 is 0. The first-order valence-electron chi connectivity index (χ1n) is 8.40. The van der Waals surface area contributed by atoms with Gasteiger partial charge in [0, 0.05) is 49.7 Å². The number of hydrogen-bond donors (Lipinski definition) is 2. The van der Waals surface area contributed by atoms with Crippen LogP contribution in [0.3, 0.4) is 0 Å². The maximum absolute atomic E-state index is 12.8. The SMILES string of the molecule is CCC(=O)Nc1ccc(C)c(NC(=O)c2cc([N+](=O)[O-])ccc2N(C)C)c1. The maximum Gasteiger partial charge on any atom is 0.270 e. The standard InChI is InChI=1S/C19H22N4O4/c1-5-18(24)20-13-7-6-12(2)16(10-13)21-19(25)15-11-14(23(26)27)8-9-17(15)22(3)4/h6-11H,5H2,1-4H3,(H,20,24)(H,21,25). The van der Waals surface area contributed by atoms with Crippen molar-refractivity contribution in [2.24, 2.45) is 0 Å². The lowest BCUT2D eigenvalue weighted by Gasteiger charge is -2.18. The lowest BCUT2D eigenvalue weighted by atomic mass is 10.1. The molecule has 142 valence electrons. The number of non-ortho nitro benzene ring substituents is 1. The van der Waals surface area contributed by atoms with E-state index in [0.29, 0.717) is 23.5 Å². The van der Waals surface area contributed by atoms with Crippen LogP contribution < -0.4 is 15.5 Å². The Kier molecular flexibility index (Phi) is 6.12. The summed E-state index contributed by atoms with van der Waals surface area (Å²) in [6.07, 6.45) is 0.343. The van der Waals surface area contributed by atoms with E-state index in [1.807, 2.05) is 6.92 Å². The van der Waals surface area contributed by atoms with Gasteiger partial charge < -0.3 is 15.5 Å². The number of aryl methyl sites for hydroxylation is 1. The van der Waals surface area contributed by atoms with Gasteiger partial charge >= 0.3 is 0 Å². The van der Waals surface area contributed by atoms with Crippen molar-refractivity contribution >= 4 is 34.6 Å². The number of rotatable bonds is 6. The van der Waals surface area contributed by atoms with E-state index in [1.165, 1.54) is 18.2 Å².